The normalized spacial score (nSPS) is 12.2. The number of halogens is 2. The van der Waals surface area contributed by atoms with Gasteiger partial charge in [0.2, 0.25) is 0 Å². The first kappa shape index (κ1) is 15.4. The zero-order valence-corrected chi connectivity index (χ0v) is 14.2. The second-order valence-corrected chi connectivity index (χ2v) is 6.07. The van der Waals surface area contributed by atoms with Gasteiger partial charge < -0.3 is 10.5 Å². The van der Waals surface area contributed by atoms with Gasteiger partial charge in [0, 0.05) is 21.3 Å². The number of nitrogens with zero attached hydrogens (tertiary/aromatic N) is 2. The topological polar surface area (TPSA) is 61.0 Å². The maximum absolute atomic E-state index is 6.26. The lowest BCUT2D eigenvalue weighted by Crippen LogP contribution is -2.14. The van der Waals surface area contributed by atoms with Crippen molar-refractivity contribution in [3.63, 3.8) is 0 Å². The van der Waals surface area contributed by atoms with Crippen LogP contribution in [-0.4, -0.2) is 16.6 Å². The lowest BCUT2D eigenvalue weighted by molar-refractivity contribution is 0.315. The number of rotatable bonds is 5. The molecule has 2 heterocycles. The van der Waals surface area contributed by atoms with Crippen molar-refractivity contribution in [2.45, 2.75) is 19.4 Å². The van der Waals surface area contributed by atoms with Crippen molar-refractivity contribution in [2.24, 2.45) is 5.73 Å². The standard InChI is InChI=1S/C14H15Br2N3O/c1-2-3-20-11-4-9(6-18-8-11)13(17)14-12(16)5-10(15)7-19-14/h4-8,13H,2-3,17H2,1H3. The Morgan fingerprint density at radius 2 is 2.05 bits per heavy atom. The van der Waals surface area contributed by atoms with E-state index in [-0.39, 0.29) is 6.04 Å². The molecule has 2 aromatic rings. The summed E-state index contributed by atoms with van der Waals surface area (Å²) in [5.74, 6) is 0.730. The lowest BCUT2D eigenvalue weighted by Gasteiger charge is -2.14. The summed E-state index contributed by atoms with van der Waals surface area (Å²) in [5, 5.41) is 0. The molecule has 0 saturated heterocycles. The van der Waals surface area contributed by atoms with Crippen LogP contribution in [0.2, 0.25) is 0 Å². The van der Waals surface area contributed by atoms with E-state index in [1.54, 1.807) is 18.6 Å². The second-order valence-electron chi connectivity index (χ2n) is 4.30. The molecule has 2 rings (SSSR count). The van der Waals surface area contributed by atoms with Crippen LogP contribution >= 0.6 is 31.9 Å². The largest absolute Gasteiger partial charge is 0.492 e. The molecule has 4 nitrogen and oxygen atoms in total. The molecule has 106 valence electrons. The summed E-state index contributed by atoms with van der Waals surface area (Å²) in [4.78, 5) is 8.53. The van der Waals surface area contributed by atoms with E-state index in [2.05, 4.69) is 48.8 Å². The maximum atomic E-state index is 6.26. The smallest absolute Gasteiger partial charge is 0.137 e. The van der Waals surface area contributed by atoms with E-state index in [4.69, 9.17) is 10.5 Å². The Kier molecular flexibility index (Phi) is 5.51. The van der Waals surface area contributed by atoms with Gasteiger partial charge in [0.1, 0.15) is 5.75 Å². The van der Waals surface area contributed by atoms with Crippen LogP contribution in [0.3, 0.4) is 0 Å². The number of hydrogen-bond donors (Lipinski definition) is 1. The first-order chi connectivity index (χ1) is 9.61. The van der Waals surface area contributed by atoms with Crippen molar-refractivity contribution in [1.82, 2.24) is 9.97 Å². The number of hydrogen-bond acceptors (Lipinski definition) is 4. The van der Waals surface area contributed by atoms with E-state index in [1.165, 1.54) is 0 Å². The highest BCUT2D eigenvalue weighted by Gasteiger charge is 2.15. The molecule has 6 heteroatoms. The quantitative estimate of drug-likeness (QED) is 0.828. The molecule has 0 aliphatic heterocycles. The van der Waals surface area contributed by atoms with Gasteiger partial charge in [-0.3, -0.25) is 9.97 Å². The van der Waals surface area contributed by atoms with E-state index in [0.29, 0.717) is 6.61 Å². The van der Waals surface area contributed by atoms with Gasteiger partial charge in [0.05, 0.1) is 24.5 Å². The summed E-state index contributed by atoms with van der Waals surface area (Å²) in [5.41, 5.74) is 7.90. The second kappa shape index (κ2) is 7.15. The summed E-state index contributed by atoms with van der Waals surface area (Å²) in [6, 6.07) is 3.48. The van der Waals surface area contributed by atoms with Crippen molar-refractivity contribution < 1.29 is 4.74 Å². The molecule has 0 aliphatic rings. The Hall–Kier alpha value is -0.980. The molecular weight excluding hydrogens is 386 g/mol. The first-order valence-electron chi connectivity index (χ1n) is 6.26. The molecule has 0 saturated carbocycles. The number of pyridine rings is 2. The van der Waals surface area contributed by atoms with E-state index in [9.17, 15) is 0 Å². The summed E-state index contributed by atoms with van der Waals surface area (Å²) in [7, 11) is 0. The minimum Gasteiger partial charge on any atom is -0.492 e. The fourth-order valence-corrected chi connectivity index (χ4v) is 2.95. The summed E-state index contributed by atoms with van der Waals surface area (Å²) in [6.45, 7) is 2.73. The fourth-order valence-electron chi connectivity index (χ4n) is 1.72. The van der Waals surface area contributed by atoms with Crippen LogP contribution in [0.25, 0.3) is 0 Å². The van der Waals surface area contributed by atoms with Crippen molar-refractivity contribution in [3.8, 4) is 5.75 Å². The molecular formula is C14H15Br2N3O. The third-order valence-corrected chi connectivity index (χ3v) is 3.77. The molecule has 1 atom stereocenters. The summed E-state index contributed by atoms with van der Waals surface area (Å²) < 4.78 is 7.34. The molecule has 2 N–H and O–H groups in total. The van der Waals surface area contributed by atoms with Gasteiger partial charge in [0.15, 0.2) is 0 Å². The van der Waals surface area contributed by atoms with Crippen LogP contribution in [0.1, 0.15) is 30.6 Å². The Balaban J connectivity index is 2.26. The zero-order valence-electron chi connectivity index (χ0n) is 11.0. The Labute approximate surface area is 135 Å². The van der Waals surface area contributed by atoms with Crippen LogP contribution < -0.4 is 10.5 Å². The molecule has 0 bridgehead atoms. The van der Waals surface area contributed by atoms with Gasteiger partial charge in [-0.2, -0.15) is 0 Å². The Morgan fingerprint density at radius 1 is 1.25 bits per heavy atom. The first-order valence-corrected chi connectivity index (χ1v) is 7.84. The molecule has 0 aromatic carbocycles. The van der Waals surface area contributed by atoms with Gasteiger partial charge >= 0.3 is 0 Å². The third-order valence-electron chi connectivity index (χ3n) is 2.70. The van der Waals surface area contributed by atoms with Crippen molar-refractivity contribution in [3.05, 3.63) is 50.9 Å². The molecule has 0 fully saturated rings. The highest BCUT2D eigenvalue weighted by molar-refractivity contribution is 9.11. The van der Waals surface area contributed by atoms with Crippen LogP contribution in [-0.2, 0) is 0 Å². The molecule has 0 aliphatic carbocycles. The minimum atomic E-state index is -0.352. The van der Waals surface area contributed by atoms with Gasteiger partial charge in [-0.15, -0.1) is 0 Å². The molecule has 20 heavy (non-hydrogen) atoms. The average molecular weight is 401 g/mol. The van der Waals surface area contributed by atoms with Gasteiger partial charge in [-0.25, -0.2) is 0 Å². The maximum Gasteiger partial charge on any atom is 0.137 e. The van der Waals surface area contributed by atoms with Crippen molar-refractivity contribution >= 4 is 31.9 Å². The highest BCUT2D eigenvalue weighted by Crippen LogP contribution is 2.28. The highest BCUT2D eigenvalue weighted by atomic mass is 79.9. The van der Waals surface area contributed by atoms with E-state index >= 15 is 0 Å². The van der Waals surface area contributed by atoms with Crippen LogP contribution in [0.15, 0.2) is 39.7 Å². The fraction of sp³-hybridized carbons (Fsp3) is 0.286. The summed E-state index contributed by atoms with van der Waals surface area (Å²) in [6.07, 6.45) is 6.11. The van der Waals surface area contributed by atoms with E-state index in [1.807, 2.05) is 12.1 Å². The Morgan fingerprint density at radius 3 is 2.75 bits per heavy atom. The molecule has 0 radical (unpaired) electrons. The lowest BCUT2D eigenvalue weighted by atomic mass is 10.1. The van der Waals surface area contributed by atoms with Crippen LogP contribution in [0, 0.1) is 0 Å². The van der Waals surface area contributed by atoms with E-state index in [0.717, 1.165) is 32.4 Å². The number of aromatic nitrogens is 2. The molecule has 0 spiro atoms. The zero-order chi connectivity index (χ0) is 14.5. The Bertz CT molecular complexity index is 592. The summed E-state index contributed by atoms with van der Waals surface area (Å²) >= 11 is 6.86. The average Bonchev–Trinajstić information content (AvgIpc) is 2.45. The third kappa shape index (κ3) is 3.77. The molecule has 0 amide bonds. The molecule has 2 aromatic heterocycles. The molecule has 1 unspecified atom stereocenters. The van der Waals surface area contributed by atoms with E-state index < -0.39 is 0 Å². The number of ether oxygens (including phenoxy) is 1. The van der Waals surface area contributed by atoms with Crippen molar-refractivity contribution in [1.29, 1.82) is 0 Å². The minimum absolute atomic E-state index is 0.352. The van der Waals surface area contributed by atoms with Gasteiger partial charge in [0.25, 0.3) is 0 Å². The van der Waals surface area contributed by atoms with Crippen LogP contribution in [0.4, 0.5) is 0 Å². The monoisotopic (exact) mass is 399 g/mol. The SMILES string of the molecule is CCCOc1cncc(C(N)c2ncc(Br)cc2Br)c1. The number of nitrogens with two attached hydrogens (primary N) is 1. The van der Waals surface area contributed by atoms with Crippen LogP contribution in [0.5, 0.6) is 5.75 Å². The van der Waals surface area contributed by atoms with Gasteiger partial charge in [-0.05, 0) is 56.0 Å². The predicted molar refractivity (Wildman–Crippen MR) is 85.7 cm³/mol. The predicted octanol–water partition coefficient (Wildman–Crippen LogP) is 3.84. The van der Waals surface area contributed by atoms with Gasteiger partial charge in [-0.1, -0.05) is 6.92 Å². The van der Waals surface area contributed by atoms with Crippen molar-refractivity contribution in [2.75, 3.05) is 6.61 Å².